The van der Waals surface area contributed by atoms with Gasteiger partial charge in [-0.1, -0.05) is 13.3 Å². The molecule has 1 saturated heterocycles. The van der Waals surface area contributed by atoms with Crippen molar-refractivity contribution in [3.63, 3.8) is 0 Å². The zero-order valence-corrected chi connectivity index (χ0v) is 10.1. The number of rotatable bonds is 1. The van der Waals surface area contributed by atoms with Crippen LogP contribution in [-0.4, -0.2) is 22.5 Å². The fourth-order valence-electron chi connectivity index (χ4n) is 2.84. The van der Waals surface area contributed by atoms with Crippen LogP contribution in [0.1, 0.15) is 54.4 Å². The van der Waals surface area contributed by atoms with Crippen molar-refractivity contribution in [3.8, 4) is 0 Å². The van der Waals surface area contributed by atoms with E-state index in [4.69, 9.17) is 0 Å². The van der Waals surface area contributed by atoms with E-state index in [0.717, 1.165) is 5.92 Å². The molecule has 1 atom stereocenters. The summed E-state index contributed by atoms with van der Waals surface area (Å²) < 4.78 is 0. The van der Waals surface area contributed by atoms with E-state index in [1.165, 1.54) is 19.4 Å². The fraction of sp³-hybridized carbons (Fsp3) is 1.00. The zero-order valence-electron chi connectivity index (χ0n) is 10.1. The molecule has 1 fully saturated rings. The highest BCUT2D eigenvalue weighted by Gasteiger charge is 2.42. The van der Waals surface area contributed by atoms with Gasteiger partial charge < -0.3 is 0 Å². The van der Waals surface area contributed by atoms with Crippen molar-refractivity contribution in [1.29, 1.82) is 0 Å². The van der Waals surface area contributed by atoms with Gasteiger partial charge in [-0.05, 0) is 47.0 Å². The van der Waals surface area contributed by atoms with E-state index in [9.17, 15) is 0 Å². The lowest BCUT2D eigenvalue weighted by Gasteiger charge is -2.42. The Hall–Kier alpha value is -0.0400. The topological polar surface area (TPSA) is 3.24 Å². The molecule has 0 radical (unpaired) electrons. The van der Waals surface area contributed by atoms with Gasteiger partial charge >= 0.3 is 0 Å². The maximum atomic E-state index is 2.66. The van der Waals surface area contributed by atoms with Crippen LogP contribution in [0.15, 0.2) is 0 Å². The molecule has 0 spiro atoms. The molecule has 1 heteroatoms. The summed E-state index contributed by atoms with van der Waals surface area (Å²) in [6.45, 7) is 15.3. The Labute approximate surface area is 83.5 Å². The van der Waals surface area contributed by atoms with Gasteiger partial charge in [-0.15, -0.1) is 0 Å². The van der Waals surface area contributed by atoms with E-state index in [2.05, 4.69) is 46.4 Å². The lowest BCUT2D eigenvalue weighted by Crippen LogP contribution is -2.49. The second-order valence-corrected chi connectivity index (χ2v) is 6.07. The SMILES string of the molecule is CC[C@H]1CN(C(C)(C)C)C(C)(C)C1. The molecule has 78 valence electrons. The largest absolute Gasteiger partial charge is 0.293 e. The average Bonchev–Trinajstić information content (AvgIpc) is 2.24. The maximum Gasteiger partial charge on any atom is 0.0161 e. The standard InChI is InChI=1S/C12H25N/c1-7-10-8-12(5,6)13(9-10)11(2,3)4/h10H,7-9H2,1-6H3/t10-/m1/s1. The Morgan fingerprint density at radius 3 is 2.08 bits per heavy atom. The molecule has 1 heterocycles. The van der Waals surface area contributed by atoms with Crippen molar-refractivity contribution >= 4 is 0 Å². The molecule has 1 aliphatic heterocycles. The van der Waals surface area contributed by atoms with Gasteiger partial charge in [0, 0.05) is 17.6 Å². The first kappa shape index (κ1) is 11.0. The van der Waals surface area contributed by atoms with Crippen LogP contribution in [0.5, 0.6) is 0 Å². The van der Waals surface area contributed by atoms with Crippen molar-refractivity contribution in [2.75, 3.05) is 6.54 Å². The second-order valence-electron chi connectivity index (χ2n) is 6.07. The van der Waals surface area contributed by atoms with Gasteiger partial charge in [0.15, 0.2) is 0 Å². The Morgan fingerprint density at radius 2 is 1.85 bits per heavy atom. The molecule has 1 rings (SSSR count). The predicted molar refractivity (Wildman–Crippen MR) is 58.9 cm³/mol. The summed E-state index contributed by atoms with van der Waals surface area (Å²) in [6, 6.07) is 0. The van der Waals surface area contributed by atoms with Crippen molar-refractivity contribution in [3.05, 3.63) is 0 Å². The number of likely N-dealkylation sites (tertiary alicyclic amines) is 1. The van der Waals surface area contributed by atoms with Crippen LogP contribution in [0.25, 0.3) is 0 Å². The van der Waals surface area contributed by atoms with Crippen LogP contribution in [0.2, 0.25) is 0 Å². The Kier molecular flexibility index (Phi) is 2.78. The monoisotopic (exact) mass is 183 g/mol. The van der Waals surface area contributed by atoms with Gasteiger partial charge in [0.1, 0.15) is 0 Å². The summed E-state index contributed by atoms with van der Waals surface area (Å²) in [5.74, 6) is 0.911. The number of hydrogen-bond acceptors (Lipinski definition) is 1. The van der Waals surface area contributed by atoms with Crippen LogP contribution < -0.4 is 0 Å². The molecule has 0 aliphatic carbocycles. The molecular weight excluding hydrogens is 158 g/mol. The molecule has 0 N–H and O–H groups in total. The first-order valence-electron chi connectivity index (χ1n) is 5.55. The summed E-state index contributed by atoms with van der Waals surface area (Å²) in [6.07, 6.45) is 2.69. The molecule has 0 saturated carbocycles. The van der Waals surface area contributed by atoms with Crippen molar-refractivity contribution in [2.24, 2.45) is 5.92 Å². The van der Waals surface area contributed by atoms with E-state index < -0.39 is 0 Å². The summed E-state index contributed by atoms with van der Waals surface area (Å²) in [4.78, 5) is 2.66. The lowest BCUT2D eigenvalue weighted by atomic mass is 9.93. The van der Waals surface area contributed by atoms with Gasteiger partial charge in [-0.3, -0.25) is 4.90 Å². The first-order valence-corrected chi connectivity index (χ1v) is 5.55. The molecule has 0 aromatic rings. The van der Waals surface area contributed by atoms with Gasteiger partial charge in [0.05, 0.1) is 0 Å². The van der Waals surface area contributed by atoms with Crippen LogP contribution in [-0.2, 0) is 0 Å². The minimum atomic E-state index is 0.327. The van der Waals surface area contributed by atoms with Gasteiger partial charge in [-0.2, -0.15) is 0 Å². The lowest BCUT2D eigenvalue weighted by molar-refractivity contribution is 0.0670. The summed E-state index contributed by atoms with van der Waals surface area (Å²) in [7, 11) is 0. The third-order valence-corrected chi connectivity index (χ3v) is 3.35. The zero-order chi connectivity index (χ0) is 10.3. The van der Waals surface area contributed by atoms with Crippen molar-refractivity contribution in [2.45, 2.75) is 65.5 Å². The first-order chi connectivity index (χ1) is 5.77. The van der Waals surface area contributed by atoms with Crippen molar-refractivity contribution in [1.82, 2.24) is 4.90 Å². The van der Waals surface area contributed by atoms with Gasteiger partial charge in [0.25, 0.3) is 0 Å². The fourth-order valence-corrected chi connectivity index (χ4v) is 2.84. The molecule has 0 unspecified atom stereocenters. The third kappa shape index (κ3) is 2.25. The Balaban J connectivity index is 2.76. The second kappa shape index (κ2) is 3.27. The van der Waals surface area contributed by atoms with Crippen LogP contribution >= 0.6 is 0 Å². The van der Waals surface area contributed by atoms with Crippen LogP contribution in [0.4, 0.5) is 0 Å². The normalized spacial score (nSPS) is 29.5. The quantitative estimate of drug-likeness (QED) is 0.603. The highest BCUT2D eigenvalue weighted by atomic mass is 15.3. The van der Waals surface area contributed by atoms with Crippen molar-refractivity contribution < 1.29 is 0 Å². The molecular formula is C12H25N. The summed E-state index contributed by atoms with van der Waals surface area (Å²) in [5, 5.41) is 0. The molecule has 1 aliphatic rings. The molecule has 0 aromatic carbocycles. The average molecular weight is 183 g/mol. The summed E-state index contributed by atoms with van der Waals surface area (Å²) in [5.41, 5.74) is 0.729. The van der Waals surface area contributed by atoms with Crippen LogP contribution in [0.3, 0.4) is 0 Å². The number of nitrogens with zero attached hydrogens (tertiary/aromatic N) is 1. The van der Waals surface area contributed by atoms with Crippen LogP contribution in [0, 0.1) is 5.92 Å². The molecule has 0 bridgehead atoms. The van der Waals surface area contributed by atoms with E-state index in [-0.39, 0.29) is 0 Å². The highest BCUT2D eigenvalue weighted by Crippen LogP contribution is 2.38. The minimum Gasteiger partial charge on any atom is -0.293 e. The molecule has 0 aromatic heterocycles. The maximum absolute atomic E-state index is 2.66. The van der Waals surface area contributed by atoms with Gasteiger partial charge in [-0.25, -0.2) is 0 Å². The third-order valence-electron chi connectivity index (χ3n) is 3.35. The molecule has 1 nitrogen and oxygen atoms in total. The molecule has 0 amide bonds. The van der Waals surface area contributed by atoms with E-state index >= 15 is 0 Å². The van der Waals surface area contributed by atoms with E-state index in [1.54, 1.807) is 0 Å². The molecule has 13 heavy (non-hydrogen) atoms. The Morgan fingerprint density at radius 1 is 1.31 bits per heavy atom. The minimum absolute atomic E-state index is 0.327. The number of hydrogen-bond donors (Lipinski definition) is 0. The smallest absolute Gasteiger partial charge is 0.0161 e. The summed E-state index contributed by atoms with van der Waals surface area (Å²) >= 11 is 0. The Bertz CT molecular complexity index is 176. The van der Waals surface area contributed by atoms with E-state index in [1.807, 2.05) is 0 Å². The van der Waals surface area contributed by atoms with E-state index in [0.29, 0.717) is 11.1 Å². The highest BCUT2D eigenvalue weighted by molar-refractivity contribution is 4.97. The predicted octanol–water partition coefficient (Wildman–Crippen LogP) is 3.30. The van der Waals surface area contributed by atoms with Gasteiger partial charge in [0.2, 0.25) is 0 Å².